The van der Waals surface area contributed by atoms with E-state index in [1.54, 1.807) is 7.11 Å². The average Bonchev–Trinajstić information content (AvgIpc) is 2.77. The Labute approximate surface area is 98.4 Å². The Balaban J connectivity index is 2.21. The van der Waals surface area contributed by atoms with Crippen LogP contribution in [0, 0.1) is 0 Å². The molecular formula is C12H12N2O3. The molecular weight excluding hydrogens is 220 g/mol. The second kappa shape index (κ2) is 4.78. The minimum atomic E-state index is 0.00656. The summed E-state index contributed by atoms with van der Waals surface area (Å²) in [6.07, 6.45) is 0.194. The lowest BCUT2D eigenvalue weighted by atomic mass is 10.2. The van der Waals surface area contributed by atoms with Crippen LogP contribution in [0.15, 0.2) is 28.8 Å². The number of ether oxygens (including phenoxy) is 1. The summed E-state index contributed by atoms with van der Waals surface area (Å²) in [4.78, 5) is 15.0. The summed E-state index contributed by atoms with van der Waals surface area (Å²) in [5.74, 6) is 1.58. The van der Waals surface area contributed by atoms with Gasteiger partial charge in [0.25, 0.3) is 5.89 Å². The van der Waals surface area contributed by atoms with Crippen molar-refractivity contribution in [2.24, 2.45) is 0 Å². The molecule has 0 saturated carbocycles. The normalized spacial score (nSPS) is 10.2. The maximum atomic E-state index is 10.9. The summed E-state index contributed by atoms with van der Waals surface area (Å²) < 4.78 is 10.1. The SMILES string of the molecule is COc1ccc(-c2nc(CC(C)=O)no2)cc1. The summed E-state index contributed by atoms with van der Waals surface area (Å²) in [7, 11) is 1.60. The number of carbonyl (C=O) groups is 1. The Bertz CT molecular complexity index is 517. The Morgan fingerprint density at radius 2 is 2.06 bits per heavy atom. The largest absolute Gasteiger partial charge is 0.497 e. The molecule has 2 rings (SSSR count). The molecule has 1 heterocycles. The smallest absolute Gasteiger partial charge is 0.257 e. The van der Waals surface area contributed by atoms with Crippen LogP contribution >= 0.6 is 0 Å². The van der Waals surface area contributed by atoms with Crippen molar-refractivity contribution in [1.29, 1.82) is 0 Å². The highest BCUT2D eigenvalue weighted by molar-refractivity contribution is 5.77. The molecule has 0 aliphatic rings. The fraction of sp³-hybridized carbons (Fsp3) is 0.250. The van der Waals surface area contributed by atoms with E-state index in [9.17, 15) is 4.79 Å². The minimum absolute atomic E-state index is 0.00656. The number of methoxy groups -OCH3 is 1. The molecule has 0 aliphatic heterocycles. The Hall–Kier alpha value is -2.17. The number of hydrogen-bond donors (Lipinski definition) is 0. The number of rotatable bonds is 4. The first-order valence-corrected chi connectivity index (χ1v) is 5.15. The number of nitrogens with zero attached hydrogens (tertiary/aromatic N) is 2. The van der Waals surface area contributed by atoms with Crippen molar-refractivity contribution in [1.82, 2.24) is 10.1 Å². The van der Waals surface area contributed by atoms with E-state index in [2.05, 4.69) is 10.1 Å². The van der Waals surface area contributed by atoms with E-state index in [0.29, 0.717) is 11.7 Å². The van der Waals surface area contributed by atoms with Crippen molar-refractivity contribution in [3.8, 4) is 17.2 Å². The molecule has 1 aromatic heterocycles. The predicted octanol–water partition coefficient (Wildman–Crippen LogP) is 1.88. The summed E-state index contributed by atoms with van der Waals surface area (Å²) in [5, 5.41) is 3.74. The van der Waals surface area contributed by atoms with E-state index >= 15 is 0 Å². The van der Waals surface area contributed by atoms with Crippen molar-refractivity contribution in [2.75, 3.05) is 7.11 Å². The molecule has 5 nitrogen and oxygen atoms in total. The molecule has 0 spiro atoms. The molecule has 88 valence electrons. The van der Waals surface area contributed by atoms with Gasteiger partial charge in [0.1, 0.15) is 11.5 Å². The zero-order valence-corrected chi connectivity index (χ0v) is 9.64. The van der Waals surface area contributed by atoms with Crippen LogP contribution in [0.2, 0.25) is 0 Å². The Morgan fingerprint density at radius 1 is 1.35 bits per heavy atom. The van der Waals surface area contributed by atoms with E-state index in [4.69, 9.17) is 9.26 Å². The maximum absolute atomic E-state index is 10.9. The van der Waals surface area contributed by atoms with Crippen molar-refractivity contribution in [2.45, 2.75) is 13.3 Å². The first-order valence-electron chi connectivity index (χ1n) is 5.15. The van der Waals surface area contributed by atoms with Gasteiger partial charge in [-0.1, -0.05) is 5.16 Å². The summed E-state index contributed by atoms with van der Waals surface area (Å²) in [6.45, 7) is 1.49. The number of ketones is 1. The highest BCUT2D eigenvalue weighted by atomic mass is 16.5. The van der Waals surface area contributed by atoms with Crippen molar-refractivity contribution >= 4 is 5.78 Å². The summed E-state index contributed by atoms with van der Waals surface area (Å²) >= 11 is 0. The van der Waals surface area contributed by atoms with Crippen LogP contribution in [0.4, 0.5) is 0 Å². The van der Waals surface area contributed by atoms with Gasteiger partial charge < -0.3 is 9.26 Å². The van der Waals surface area contributed by atoms with Gasteiger partial charge in [-0.3, -0.25) is 4.79 Å². The van der Waals surface area contributed by atoms with Crippen LogP contribution in [0.5, 0.6) is 5.75 Å². The molecule has 0 aliphatic carbocycles. The third-order valence-electron chi connectivity index (χ3n) is 2.21. The van der Waals surface area contributed by atoms with Gasteiger partial charge in [0, 0.05) is 5.56 Å². The van der Waals surface area contributed by atoms with Gasteiger partial charge in [0.15, 0.2) is 5.82 Å². The van der Waals surface area contributed by atoms with Crippen molar-refractivity contribution in [3.63, 3.8) is 0 Å². The van der Waals surface area contributed by atoms with E-state index in [1.807, 2.05) is 24.3 Å². The number of aromatic nitrogens is 2. The highest BCUT2D eigenvalue weighted by Gasteiger charge is 2.10. The molecule has 2 aromatic rings. The average molecular weight is 232 g/mol. The standard InChI is InChI=1S/C12H12N2O3/c1-8(15)7-11-13-12(17-14-11)9-3-5-10(16-2)6-4-9/h3-6H,7H2,1-2H3. The fourth-order valence-electron chi connectivity index (χ4n) is 1.40. The first-order chi connectivity index (χ1) is 8.19. The van der Waals surface area contributed by atoms with E-state index in [-0.39, 0.29) is 12.2 Å². The monoisotopic (exact) mass is 232 g/mol. The molecule has 0 unspecified atom stereocenters. The predicted molar refractivity (Wildman–Crippen MR) is 60.7 cm³/mol. The molecule has 0 saturated heterocycles. The van der Waals surface area contributed by atoms with Gasteiger partial charge in [-0.25, -0.2) is 0 Å². The van der Waals surface area contributed by atoms with Gasteiger partial charge in [-0.15, -0.1) is 0 Å². The molecule has 0 fully saturated rings. The number of Topliss-reactive ketones (excluding diaryl/α,β-unsaturated/α-hetero) is 1. The Morgan fingerprint density at radius 3 is 2.65 bits per heavy atom. The van der Waals surface area contributed by atoms with E-state index < -0.39 is 0 Å². The zero-order chi connectivity index (χ0) is 12.3. The van der Waals surface area contributed by atoms with Gasteiger partial charge >= 0.3 is 0 Å². The summed E-state index contributed by atoms with van der Waals surface area (Å²) in [5.41, 5.74) is 0.799. The number of carbonyl (C=O) groups excluding carboxylic acids is 1. The van der Waals surface area contributed by atoms with Crippen LogP contribution in [0.1, 0.15) is 12.7 Å². The molecule has 0 radical (unpaired) electrons. The molecule has 0 atom stereocenters. The van der Waals surface area contributed by atoms with Gasteiger partial charge in [0.2, 0.25) is 0 Å². The highest BCUT2D eigenvalue weighted by Crippen LogP contribution is 2.20. The first kappa shape index (κ1) is 11.3. The molecule has 0 amide bonds. The third-order valence-corrected chi connectivity index (χ3v) is 2.21. The molecule has 1 aromatic carbocycles. The number of hydrogen-bond acceptors (Lipinski definition) is 5. The minimum Gasteiger partial charge on any atom is -0.497 e. The van der Waals surface area contributed by atoms with E-state index in [0.717, 1.165) is 11.3 Å². The fourth-order valence-corrected chi connectivity index (χ4v) is 1.40. The van der Waals surface area contributed by atoms with Gasteiger partial charge in [-0.05, 0) is 31.2 Å². The lowest BCUT2D eigenvalue weighted by molar-refractivity contribution is -0.116. The van der Waals surface area contributed by atoms with Crippen LogP contribution < -0.4 is 4.74 Å². The summed E-state index contributed by atoms with van der Waals surface area (Å²) in [6, 6.07) is 7.27. The maximum Gasteiger partial charge on any atom is 0.257 e. The third kappa shape index (κ3) is 2.69. The topological polar surface area (TPSA) is 65.2 Å². The van der Waals surface area contributed by atoms with Gasteiger partial charge in [0.05, 0.1) is 13.5 Å². The zero-order valence-electron chi connectivity index (χ0n) is 9.64. The molecule has 17 heavy (non-hydrogen) atoms. The second-order valence-corrected chi connectivity index (χ2v) is 3.62. The van der Waals surface area contributed by atoms with Crippen LogP contribution in [-0.2, 0) is 11.2 Å². The lowest BCUT2D eigenvalue weighted by Crippen LogP contribution is -1.97. The van der Waals surface area contributed by atoms with Crippen LogP contribution in [0.3, 0.4) is 0 Å². The van der Waals surface area contributed by atoms with Crippen molar-refractivity contribution < 1.29 is 14.1 Å². The number of benzene rings is 1. The van der Waals surface area contributed by atoms with Crippen LogP contribution in [-0.4, -0.2) is 23.0 Å². The quantitative estimate of drug-likeness (QED) is 0.805. The molecule has 0 bridgehead atoms. The Kier molecular flexibility index (Phi) is 3.18. The van der Waals surface area contributed by atoms with E-state index in [1.165, 1.54) is 6.92 Å². The van der Waals surface area contributed by atoms with Crippen molar-refractivity contribution in [3.05, 3.63) is 30.1 Å². The second-order valence-electron chi connectivity index (χ2n) is 3.62. The lowest BCUT2D eigenvalue weighted by Gasteiger charge is -1.98. The molecule has 5 heteroatoms. The molecule has 0 N–H and O–H groups in total. The van der Waals surface area contributed by atoms with Crippen LogP contribution in [0.25, 0.3) is 11.5 Å². The van der Waals surface area contributed by atoms with Gasteiger partial charge in [-0.2, -0.15) is 4.98 Å².